The molecule has 3 rings (SSSR count). The maximum Gasteiger partial charge on any atom is 0.262 e. The highest BCUT2D eigenvalue weighted by atomic mass is 79.9. The fraction of sp³-hybridized carbons (Fsp3) is 0.0909. The number of amides is 1. The van der Waals surface area contributed by atoms with Crippen molar-refractivity contribution in [3.8, 4) is 5.75 Å². The number of ketones is 1. The Balaban J connectivity index is 1.76. The molecular formula is C22H18BrNO3. The van der Waals surface area contributed by atoms with Gasteiger partial charge in [0.1, 0.15) is 5.75 Å². The van der Waals surface area contributed by atoms with Gasteiger partial charge in [-0.05, 0) is 43.3 Å². The summed E-state index contributed by atoms with van der Waals surface area (Å²) in [5, 5.41) is 2.76. The largest absolute Gasteiger partial charge is 0.483 e. The van der Waals surface area contributed by atoms with Crippen LogP contribution in [0.1, 0.15) is 21.5 Å². The van der Waals surface area contributed by atoms with Crippen molar-refractivity contribution in [2.24, 2.45) is 0 Å². The summed E-state index contributed by atoms with van der Waals surface area (Å²) in [6.07, 6.45) is 0. The molecule has 136 valence electrons. The van der Waals surface area contributed by atoms with Gasteiger partial charge in [0.2, 0.25) is 0 Å². The summed E-state index contributed by atoms with van der Waals surface area (Å²) < 4.78 is 6.48. The summed E-state index contributed by atoms with van der Waals surface area (Å²) in [4.78, 5) is 25.0. The van der Waals surface area contributed by atoms with Crippen LogP contribution in [0, 0.1) is 6.92 Å². The minimum absolute atomic E-state index is 0.154. The molecule has 0 unspecified atom stereocenters. The molecule has 3 aromatic carbocycles. The molecule has 27 heavy (non-hydrogen) atoms. The van der Waals surface area contributed by atoms with Crippen LogP contribution in [0.2, 0.25) is 0 Å². The van der Waals surface area contributed by atoms with Crippen LogP contribution < -0.4 is 10.1 Å². The Hall–Kier alpha value is -2.92. The highest BCUT2D eigenvalue weighted by molar-refractivity contribution is 9.10. The van der Waals surface area contributed by atoms with E-state index in [1.54, 1.807) is 42.5 Å². The SMILES string of the molecule is Cc1ccc(OCC(=O)Nc2ccccc2)c(C(=O)c2cccc(Br)c2)c1. The van der Waals surface area contributed by atoms with E-state index in [0.717, 1.165) is 10.0 Å². The molecule has 0 aliphatic heterocycles. The van der Waals surface area contributed by atoms with Crippen LogP contribution in [0.15, 0.2) is 77.3 Å². The third-order valence-electron chi connectivity index (χ3n) is 3.88. The summed E-state index contributed by atoms with van der Waals surface area (Å²) in [5.74, 6) is -0.0603. The molecule has 4 nitrogen and oxygen atoms in total. The first-order valence-electron chi connectivity index (χ1n) is 8.41. The summed E-state index contributed by atoms with van der Waals surface area (Å²) in [6.45, 7) is 1.72. The first kappa shape index (κ1) is 18.9. The van der Waals surface area contributed by atoms with Crippen molar-refractivity contribution in [1.82, 2.24) is 0 Å². The minimum Gasteiger partial charge on any atom is -0.483 e. The summed E-state index contributed by atoms with van der Waals surface area (Å²) in [5.41, 5.74) is 2.61. The highest BCUT2D eigenvalue weighted by Crippen LogP contribution is 2.24. The van der Waals surface area contributed by atoms with E-state index < -0.39 is 0 Å². The summed E-state index contributed by atoms with van der Waals surface area (Å²) >= 11 is 3.38. The Morgan fingerprint density at radius 1 is 0.963 bits per heavy atom. The number of aryl methyl sites for hydroxylation is 1. The van der Waals surface area contributed by atoms with Gasteiger partial charge in [0.05, 0.1) is 5.56 Å². The van der Waals surface area contributed by atoms with Gasteiger partial charge in [-0.15, -0.1) is 0 Å². The number of carbonyl (C=O) groups excluding carboxylic acids is 2. The second-order valence-corrected chi connectivity index (χ2v) is 6.96. The smallest absolute Gasteiger partial charge is 0.262 e. The lowest BCUT2D eigenvalue weighted by molar-refractivity contribution is -0.118. The first-order chi connectivity index (χ1) is 13.0. The number of benzene rings is 3. The zero-order valence-electron chi connectivity index (χ0n) is 14.7. The minimum atomic E-state index is -0.289. The third-order valence-corrected chi connectivity index (χ3v) is 4.38. The van der Waals surface area contributed by atoms with E-state index in [0.29, 0.717) is 22.6 Å². The Bertz CT molecular complexity index is 970. The second-order valence-electron chi connectivity index (χ2n) is 6.04. The number of hydrogen-bond acceptors (Lipinski definition) is 3. The van der Waals surface area contributed by atoms with Crippen molar-refractivity contribution >= 4 is 33.3 Å². The van der Waals surface area contributed by atoms with Crippen LogP contribution in [-0.4, -0.2) is 18.3 Å². The fourth-order valence-corrected chi connectivity index (χ4v) is 2.99. The van der Waals surface area contributed by atoms with Crippen LogP contribution in [-0.2, 0) is 4.79 Å². The Morgan fingerprint density at radius 2 is 1.74 bits per heavy atom. The van der Waals surface area contributed by atoms with Gasteiger partial charge in [-0.1, -0.05) is 57.9 Å². The molecule has 0 radical (unpaired) electrons. The molecule has 1 N–H and O–H groups in total. The molecule has 3 aromatic rings. The average Bonchev–Trinajstić information content (AvgIpc) is 2.67. The van der Waals surface area contributed by atoms with Gasteiger partial charge in [0.15, 0.2) is 12.4 Å². The number of nitrogens with one attached hydrogen (secondary N) is 1. The van der Waals surface area contributed by atoms with Crippen LogP contribution >= 0.6 is 15.9 Å². The Kier molecular flexibility index (Phi) is 6.04. The predicted molar refractivity (Wildman–Crippen MR) is 109 cm³/mol. The molecule has 0 saturated heterocycles. The van der Waals surface area contributed by atoms with Gasteiger partial charge < -0.3 is 10.1 Å². The number of anilines is 1. The first-order valence-corrected chi connectivity index (χ1v) is 9.21. The molecule has 0 saturated carbocycles. The zero-order chi connectivity index (χ0) is 19.2. The topological polar surface area (TPSA) is 55.4 Å². The lowest BCUT2D eigenvalue weighted by Gasteiger charge is -2.12. The van der Waals surface area contributed by atoms with Crippen molar-refractivity contribution < 1.29 is 14.3 Å². The normalized spacial score (nSPS) is 10.3. The molecule has 0 fully saturated rings. The molecule has 0 bridgehead atoms. The number of ether oxygens (including phenoxy) is 1. The van der Waals surface area contributed by atoms with E-state index in [1.807, 2.05) is 37.3 Å². The van der Waals surface area contributed by atoms with Gasteiger partial charge in [-0.3, -0.25) is 9.59 Å². The quantitative estimate of drug-likeness (QED) is 0.567. The predicted octanol–water partition coefficient (Wildman–Crippen LogP) is 5.01. The standard InChI is InChI=1S/C22H18BrNO3/c1-15-10-11-20(27-14-21(25)24-18-8-3-2-4-9-18)19(12-15)22(26)16-6-5-7-17(23)13-16/h2-13H,14H2,1H3,(H,24,25). The van der Waals surface area contributed by atoms with Crippen molar-refractivity contribution in [2.45, 2.75) is 6.92 Å². The maximum absolute atomic E-state index is 12.9. The Morgan fingerprint density at radius 3 is 2.48 bits per heavy atom. The molecule has 0 aliphatic carbocycles. The van der Waals surface area contributed by atoms with E-state index in [4.69, 9.17) is 4.74 Å². The molecule has 0 aromatic heterocycles. The molecule has 0 spiro atoms. The molecule has 1 amide bonds. The highest BCUT2D eigenvalue weighted by Gasteiger charge is 2.16. The molecule has 0 atom stereocenters. The molecular weight excluding hydrogens is 406 g/mol. The van der Waals surface area contributed by atoms with Crippen LogP contribution in [0.25, 0.3) is 0 Å². The van der Waals surface area contributed by atoms with Crippen LogP contribution in [0.5, 0.6) is 5.75 Å². The molecule has 0 heterocycles. The number of carbonyl (C=O) groups is 2. The lowest BCUT2D eigenvalue weighted by Crippen LogP contribution is -2.21. The van der Waals surface area contributed by atoms with E-state index in [2.05, 4.69) is 21.2 Å². The number of para-hydroxylation sites is 1. The van der Waals surface area contributed by atoms with Gasteiger partial charge in [0, 0.05) is 15.7 Å². The maximum atomic E-state index is 12.9. The van der Waals surface area contributed by atoms with E-state index in [9.17, 15) is 9.59 Å². The monoisotopic (exact) mass is 423 g/mol. The average molecular weight is 424 g/mol. The van der Waals surface area contributed by atoms with E-state index in [-0.39, 0.29) is 18.3 Å². The third kappa shape index (κ3) is 5.05. The van der Waals surface area contributed by atoms with Gasteiger partial charge in [0.25, 0.3) is 5.91 Å². The van der Waals surface area contributed by atoms with Crippen molar-refractivity contribution in [3.63, 3.8) is 0 Å². The van der Waals surface area contributed by atoms with Gasteiger partial charge >= 0.3 is 0 Å². The van der Waals surface area contributed by atoms with Crippen molar-refractivity contribution in [2.75, 3.05) is 11.9 Å². The number of rotatable bonds is 6. The summed E-state index contributed by atoms with van der Waals surface area (Å²) in [6, 6.07) is 21.7. The van der Waals surface area contributed by atoms with E-state index in [1.165, 1.54) is 0 Å². The van der Waals surface area contributed by atoms with Crippen molar-refractivity contribution in [3.05, 3.63) is 94.0 Å². The van der Waals surface area contributed by atoms with E-state index >= 15 is 0 Å². The summed E-state index contributed by atoms with van der Waals surface area (Å²) in [7, 11) is 0. The number of hydrogen-bond donors (Lipinski definition) is 1. The fourth-order valence-electron chi connectivity index (χ4n) is 2.59. The molecule has 0 aliphatic rings. The second kappa shape index (κ2) is 8.64. The number of halogens is 1. The van der Waals surface area contributed by atoms with Crippen LogP contribution in [0.3, 0.4) is 0 Å². The Labute approximate surface area is 166 Å². The van der Waals surface area contributed by atoms with Gasteiger partial charge in [-0.25, -0.2) is 0 Å². The lowest BCUT2D eigenvalue weighted by atomic mass is 10.0. The van der Waals surface area contributed by atoms with Gasteiger partial charge in [-0.2, -0.15) is 0 Å². The van der Waals surface area contributed by atoms with Crippen LogP contribution in [0.4, 0.5) is 5.69 Å². The van der Waals surface area contributed by atoms with Crippen molar-refractivity contribution in [1.29, 1.82) is 0 Å². The molecule has 5 heteroatoms. The zero-order valence-corrected chi connectivity index (χ0v) is 16.3.